The van der Waals surface area contributed by atoms with Crippen molar-refractivity contribution in [1.29, 1.82) is 0 Å². The molecule has 2 aliphatic rings. The number of nitrogens with one attached hydrogen (secondary N) is 2. The van der Waals surface area contributed by atoms with E-state index in [9.17, 15) is 4.79 Å². The first-order valence-corrected chi connectivity index (χ1v) is 14.3. The number of nitrogens with zero attached hydrogens (tertiary/aromatic N) is 4. The number of carbonyl (C=O) groups excluding carboxylic acids is 1. The lowest BCUT2D eigenvalue weighted by molar-refractivity contribution is 0.0763. The number of carbonyl (C=O) groups is 1. The van der Waals surface area contributed by atoms with Crippen molar-refractivity contribution in [3.05, 3.63) is 70.6 Å². The van der Waals surface area contributed by atoms with Crippen LogP contribution in [0.25, 0.3) is 10.2 Å². The Morgan fingerprint density at radius 3 is 2.90 bits per heavy atom. The third-order valence-corrected chi connectivity index (χ3v) is 8.04. The molecular formula is C29H27ClN6O3S. The quantitative estimate of drug-likeness (QED) is 0.296. The maximum atomic E-state index is 12.3. The standard InChI is InChI=1S/C29H27ClN6O3S/c30-24-14-20(7-9-26(24)38-17-21-5-1-2-10-31-21)35-28-27-25(33-18-34-28)15-23(40-27)8-6-19-13-22(16-32-19)39-29(37)36-11-3-4-12-36/h1-2,5,7,9-10,14-15,18-19,22,32H,3-4,11-13,16-17H2,(H,33,34,35)/t19-,22-/m1/s1. The Hall–Kier alpha value is -3.91. The van der Waals surface area contributed by atoms with Crippen LogP contribution in [0.4, 0.5) is 16.3 Å². The minimum absolute atomic E-state index is 0.0363. The van der Waals surface area contributed by atoms with Gasteiger partial charge in [0.1, 0.15) is 24.8 Å². The second-order valence-electron chi connectivity index (χ2n) is 9.59. The van der Waals surface area contributed by atoms with Gasteiger partial charge in [-0.05, 0) is 49.2 Å². The molecule has 9 nitrogen and oxygen atoms in total. The first-order chi connectivity index (χ1) is 19.6. The van der Waals surface area contributed by atoms with Crippen LogP contribution >= 0.6 is 22.9 Å². The Morgan fingerprint density at radius 2 is 2.08 bits per heavy atom. The Labute approximate surface area is 240 Å². The Kier molecular flexibility index (Phi) is 7.95. The lowest BCUT2D eigenvalue weighted by Crippen LogP contribution is -2.32. The molecule has 5 heterocycles. The van der Waals surface area contributed by atoms with Crippen molar-refractivity contribution in [2.45, 2.75) is 38.0 Å². The van der Waals surface area contributed by atoms with Crippen LogP contribution < -0.4 is 15.4 Å². The summed E-state index contributed by atoms with van der Waals surface area (Å²) in [6.07, 6.45) is 5.65. The van der Waals surface area contributed by atoms with E-state index in [-0.39, 0.29) is 18.2 Å². The number of likely N-dealkylation sites (tertiary alicyclic amines) is 1. The Balaban J connectivity index is 1.09. The summed E-state index contributed by atoms with van der Waals surface area (Å²) in [5.74, 6) is 7.79. The van der Waals surface area contributed by atoms with Gasteiger partial charge >= 0.3 is 6.09 Å². The van der Waals surface area contributed by atoms with Crippen molar-refractivity contribution in [2.75, 3.05) is 25.0 Å². The van der Waals surface area contributed by atoms with Gasteiger partial charge in [0, 0.05) is 37.9 Å². The van der Waals surface area contributed by atoms with Crippen LogP contribution in [0.15, 0.2) is 55.0 Å². The summed E-state index contributed by atoms with van der Waals surface area (Å²) in [6, 6.07) is 13.1. The number of hydrogen-bond acceptors (Lipinski definition) is 9. The molecule has 40 heavy (non-hydrogen) atoms. The number of ether oxygens (including phenoxy) is 2. The van der Waals surface area contributed by atoms with Crippen LogP contribution in [-0.4, -0.2) is 57.7 Å². The summed E-state index contributed by atoms with van der Waals surface area (Å²) in [6.45, 7) is 2.51. The van der Waals surface area contributed by atoms with E-state index in [1.165, 1.54) is 17.7 Å². The minimum Gasteiger partial charge on any atom is -0.486 e. The summed E-state index contributed by atoms with van der Waals surface area (Å²) in [4.78, 5) is 28.1. The molecule has 1 amide bonds. The third-order valence-electron chi connectivity index (χ3n) is 6.70. The number of rotatable bonds is 6. The van der Waals surface area contributed by atoms with Gasteiger partial charge in [0.05, 0.1) is 31.9 Å². The zero-order chi connectivity index (χ0) is 27.3. The Bertz CT molecular complexity index is 1560. The molecule has 11 heteroatoms. The van der Waals surface area contributed by atoms with E-state index in [4.69, 9.17) is 21.1 Å². The van der Waals surface area contributed by atoms with E-state index >= 15 is 0 Å². The molecule has 2 saturated heterocycles. The zero-order valence-corrected chi connectivity index (χ0v) is 23.2. The highest BCUT2D eigenvalue weighted by molar-refractivity contribution is 7.20. The fourth-order valence-corrected chi connectivity index (χ4v) is 5.80. The normalized spacial score (nSPS) is 18.4. The molecule has 4 aromatic rings. The predicted molar refractivity (Wildman–Crippen MR) is 155 cm³/mol. The molecule has 0 unspecified atom stereocenters. The van der Waals surface area contributed by atoms with Gasteiger partial charge < -0.3 is 19.7 Å². The van der Waals surface area contributed by atoms with Gasteiger partial charge in [-0.2, -0.15) is 0 Å². The van der Waals surface area contributed by atoms with Crippen molar-refractivity contribution in [1.82, 2.24) is 25.2 Å². The smallest absolute Gasteiger partial charge is 0.410 e. The second-order valence-corrected chi connectivity index (χ2v) is 11.1. The van der Waals surface area contributed by atoms with E-state index in [0.29, 0.717) is 36.2 Å². The van der Waals surface area contributed by atoms with Gasteiger partial charge in [-0.15, -0.1) is 11.3 Å². The lowest BCUT2D eigenvalue weighted by atomic mass is 10.2. The molecule has 0 aliphatic carbocycles. The average molecular weight is 575 g/mol. The monoisotopic (exact) mass is 574 g/mol. The highest BCUT2D eigenvalue weighted by atomic mass is 35.5. The molecule has 0 spiro atoms. The number of amides is 1. The van der Waals surface area contributed by atoms with Gasteiger partial charge in [0.15, 0.2) is 5.82 Å². The number of fused-ring (bicyclic) bond motifs is 1. The Morgan fingerprint density at radius 1 is 1.18 bits per heavy atom. The van der Waals surface area contributed by atoms with Crippen molar-refractivity contribution in [2.24, 2.45) is 0 Å². The van der Waals surface area contributed by atoms with Crippen molar-refractivity contribution in [3.63, 3.8) is 0 Å². The van der Waals surface area contributed by atoms with Crippen LogP contribution in [0.3, 0.4) is 0 Å². The average Bonchev–Trinajstić information content (AvgIpc) is 3.74. The number of thiophene rings is 1. The number of benzene rings is 1. The number of halogens is 1. The SMILES string of the molecule is O=C(O[C@H]1CN[C@H](C#Cc2cc3ncnc(Nc4ccc(OCc5ccccn5)c(Cl)c4)c3s2)C1)N1CCCC1. The molecule has 2 fully saturated rings. The summed E-state index contributed by atoms with van der Waals surface area (Å²) in [7, 11) is 0. The molecule has 2 atom stereocenters. The predicted octanol–water partition coefficient (Wildman–Crippen LogP) is 5.38. The number of pyridine rings is 1. The van der Waals surface area contributed by atoms with Gasteiger partial charge in [0.25, 0.3) is 0 Å². The van der Waals surface area contributed by atoms with Crippen LogP contribution in [0, 0.1) is 11.8 Å². The molecule has 0 radical (unpaired) electrons. The summed E-state index contributed by atoms with van der Waals surface area (Å²) >= 11 is 8.01. The van der Waals surface area contributed by atoms with Gasteiger partial charge in [0.2, 0.25) is 0 Å². The first-order valence-electron chi connectivity index (χ1n) is 13.1. The van der Waals surface area contributed by atoms with E-state index in [0.717, 1.165) is 52.4 Å². The third kappa shape index (κ3) is 6.28. The summed E-state index contributed by atoms with van der Waals surface area (Å²) < 4.78 is 12.4. The summed E-state index contributed by atoms with van der Waals surface area (Å²) in [5, 5.41) is 7.17. The van der Waals surface area contributed by atoms with Crippen LogP contribution in [-0.2, 0) is 11.3 Å². The molecule has 0 saturated carbocycles. The van der Waals surface area contributed by atoms with Crippen molar-refractivity contribution in [3.8, 4) is 17.6 Å². The van der Waals surface area contributed by atoms with E-state index in [2.05, 4.69) is 37.4 Å². The first kappa shape index (κ1) is 26.3. The number of anilines is 2. The van der Waals surface area contributed by atoms with E-state index < -0.39 is 0 Å². The molecular weight excluding hydrogens is 548 g/mol. The second kappa shape index (κ2) is 12.1. The van der Waals surface area contributed by atoms with E-state index in [1.807, 2.05) is 36.4 Å². The number of aromatic nitrogens is 3. The van der Waals surface area contributed by atoms with Crippen LogP contribution in [0.2, 0.25) is 5.02 Å². The molecule has 1 aromatic carbocycles. The fraction of sp³-hybridized carbons (Fsp3) is 0.310. The largest absolute Gasteiger partial charge is 0.486 e. The van der Waals surface area contributed by atoms with Crippen molar-refractivity contribution < 1.29 is 14.3 Å². The molecule has 3 aromatic heterocycles. The highest BCUT2D eigenvalue weighted by Gasteiger charge is 2.28. The van der Waals surface area contributed by atoms with Crippen LogP contribution in [0.5, 0.6) is 5.75 Å². The molecule has 2 N–H and O–H groups in total. The van der Waals surface area contributed by atoms with Gasteiger partial charge in [-0.25, -0.2) is 14.8 Å². The maximum absolute atomic E-state index is 12.3. The zero-order valence-electron chi connectivity index (χ0n) is 21.6. The van der Waals surface area contributed by atoms with Gasteiger partial charge in [-0.3, -0.25) is 10.3 Å². The highest BCUT2D eigenvalue weighted by Crippen LogP contribution is 2.33. The van der Waals surface area contributed by atoms with E-state index in [1.54, 1.807) is 17.2 Å². The summed E-state index contributed by atoms with van der Waals surface area (Å²) in [5.41, 5.74) is 2.41. The van der Waals surface area contributed by atoms with Crippen LogP contribution in [0.1, 0.15) is 29.8 Å². The molecule has 6 rings (SSSR count). The van der Waals surface area contributed by atoms with Crippen molar-refractivity contribution >= 4 is 50.8 Å². The topological polar surface area (TPSA) is 102 Å². The molecule has 204 valence electrons. The molecule has 2 aliphatic heterocycles. The minimum atomic E-state index is -0.214. The number of hydrogen-bond donors (Lipinski definition) is 2. The maximum Gasteiger partial charge on any atom is 0.410 e. The fourth-order valence-electron chi connectivity index (χ4n) is 4.65. The van der Waals surface area contributed by atoms with Gasteiger partial charge in [-0.1, -0.05) is 29.5 Å². The molecule has 0 bridgehead atoms. The lowest BCUT2D eigenvalue weighted by Gasteiger charge is -2.18.